The Kier molecular flexibility index (Phi) is 6.02. The van der Waals surface area contributed by atoms with Crippen molar-refractivity contribution < 1.29 is 18.0 Å². The molecule has 1 saturated heterocycles. The molecule has 3 rings (SSSR count). The molecular weight excluding hydrogens is 402 g/mol. The Morgan fingerprint density at radius 1 is 0.929 bits per heavy atom. The van der Waals surface area contributed by atoms with Gasteiger partial charge in [-0.15, -0.1) is 0 Å². The molecule has 9 heteroatoms. The number of sulfonamides is 1. The number of rotatable bonds is 4. The van der Waals surface area contributed by atoms with E-state index in [2.05, 4.69) is 5.32 Å². The van der Waals surface area contributed by atoms with E-state index in [0.29, 0.717) is 29.4 Å². The zero-order valence-corrected chi connectivity index (χ0v) is 16.8. The van der Waals surface area contributed by atoms with Crippen LogP contribution >= 0.6 is 11.6 Å². The molecule has 1 aliphatic heterocycles. The first-order chi connectivity index (χ1) is 13.3. The maximum Gasteiger partial charge on any atom is 0.253 e. The summed E-state index contributed by atoms with van der Waals surface area (Å²) in [7, 11) is -3.61. The molecule has 0 atom stereocenters. The number of piperazine rings is 1. The molecule has 0 aliphatic carbocycles. The van der Waals surface area contributed by atoms with Crippen molar-refractivity contribution in [3.05, 3.63) is 59.1 Å². The number of hydrogen-bond acceptors (Lipinski definition) is 4. The minimum absolute atomic E-state index is 0.169. The molecule has 0 bridgehead atoms. The van der Waals surface area contributed by atoms with Gasteiger partial charge in [0.05, 0.1) is 4.90 Å². The fourth-order valence-corrected chi connectivity index (χ4v) is 4.52. The first kappa shape index (κ1) is 20.3. The third-order valence-corrected chi connectivity index (χ3v) is 6.59. The minimum atomic E-state index is -3.61. The molecule has 2 aromatic carbocycles. The fourth-order valence-electron chi connectivity index (χ4n) is 2.97. The summed E-state index contributed by atoms with van der Waals surface area (Å²) in [6, 6.07) is 12.6. The van der Waals surface area contributed by atoms with Gasteiger partial charge in [0, 0.05) is 49.4 Å². The van der Waals surface area contributed by atoms with Crippen LogP contribution in [0.3, 0.4) is 0 Å². The Labute approximate surface area is 168 Å². The summed E-state index contributed by atoms with van der Waals surface area (Å²) in [5.41, 5.74) is 1.10. The number of anilines is 1. The Balaban J connectivity index is 1.63. The third kappa shape index (κ3) is 4.52. The maximum absolute atomic E-state index is 12.7. The van der Waals surface area contributed by atoms with Crippen LogP contribution in [0.1, 0.15) is 17.3 Å². The lowest BCUT2D eigenvalue weighted by Crippen LogP contribution is -2.50. The van der Waals surface area contributed by atoms with Crippen LogP contribution in [0, 0.1) is 0 Å². The van der Waals surface area contributed by atoms with Crippen LogP contribution in [0.2, 0.25) is 5.02 Å². The first-order valence-electron chi connectivity index (χ1n) is 8.70. The van der Waals surface area contributed by atoms with Crippen LogP contribution in [0.4, 0.5) is 5.69 Å². The zero-order chi connectivity index (χ0) is 20.3. The molecule has 0 saturated carbocycles. The average molecular weight is 422 g/mol. The van der Waals surface area contributed by atoms with Crippen LogP contribution in [-0.2, 0) is 14.8 Å². The van der Waals surface area contributed by atoms with Crippen molar-refractivity contribution in [2.75, 3.05) is 31.5 Å². The molecule has 1 fully saturated rings. The highest BCUT2D eigenvalue weighted by Crippen LogP contribution is 2.20. The van der Waals surface area contributed by atoms with E-state index in [1.54, 1.807) is 41.3 Å². The topological polar surface area (TPSA) is 86.8 Å². The van der Waals surface area contributed by atoms with Crippen molar-refractivity contribution in [1.82, 2.24) is 9.21 Å². The molecular formula is C19H20ClN3O4S. The van der Waals surface area contributed by atoms with E-state index in [9.17, 15) is 18.0 Å². The maximum atomic E-state index is 12.7. The van der Waals surface area contributed by atoms with Crippen LogP contribution < -0.4 is 5.32 Å². The van der Waals surface area contributed by atoms with Crippen LogP contribution in [-0.4, -0.2) is 55.6 Å². The van der Waals surface area contributed by atoms with Crippen molar-refractivity contribution in [2.24, 2.45) is 0 Å². The van der Waals surface area contributed by atoms with Crippen molar-refractivity contribution >= 4 is 39.1 Å². The van der Waals surface area contributed by atoms with E-state index >= 15 is 0 Å². The molecule has 148 valence electrons. The van der Waals surface area contributed by atoms with Gasteiger partial charge in [0.2, 0.25) is 15.9 Å². The molecule has 1 aliphatic rings. The van der Waals surface area contributed by atoms with Gasteiger partial charge in [0.1, 0.15) is 0 Å². The van der Waals surface area contributed by atoms with E-state index in [1.807, 2.05) is 0 Å². The van der Waals surface area contributed by atoms with E-state index in [1.165, 1.54) is 23.4 Å². The summed E-state index contributed by atoms with van der Waals surface area (Å²) in [6.07, 6.45) is 0. The third-order valence-electron chi connectivity index (χ3n) is 4.43. The molecule has 2 aromatic rings. The van der Waals surface area contributed by atoms with Gasteiger partial charge in [-0.2, -0.15) is 4.31 Å². The normalized spacial score (nSPS) is 15.3. The van der Waals surface area contributed by atoms with E-state index < -0.39 is 10.0 Å². The van der Waals surface area contributed by atoms with Crippen LogP contribution in [0.15, 0.2) is 53.4 Å². The summed E-state index contributed by atoms with van der Waals surface area (Å²) in [6.45, 7) is 2.47. The highest BCUT2D eigenvalue weighted by Gasteiger charge is 2.30. The number of carbonyl (C=O) groups is 2. The lowest BCUT2D eigenvalue weighted by molar-refractivity contribution is -0.114. The monoisotopic (exact) mass is 421 g/mol. The number of benzene rings is 2. The standard InChI is InChI=1S/C19H20ClN3O4S/c1-14(24)21-17-6-2-15(3-7-17)19(25)22-10-12-23(13-11-22)28(26,27)18-8-4-16(20)5-9-18/h2-9H,10-13H2,1H3,(H,21,24). The number of nitrogens with one attached hydrogen (secondary N) is 1. The Hall–Kier alpha value is -2.42. The first-order valence-corrected chi connectivity index (χ1v) is 10.5. The van der Waals surface area contributed by atoms with E-state index in [-0.39, 0.29) is 29.8 Å². The number of halogens is 1. The highest BCUT2D eigenvalue weighted by atomic mass is 35.5. The minimum Gasteiger partial charge on any atom is -0.336 e. The molecule has 1 N–H and O–H groups in total. The van der Waals surface area contributed by atoms with E-state index in [4.69, 9.17) is 11.6 Å². The van der Waals surface area contributed by atoms with Crippen molar-refractivity contribution in [2.45, 2.75) is 11.8 Å². The Morgan fingerprint density at radius 2 is 1.50 bits per heavy atom. The van der Waals surface area contributed by atoms with Gasteiger partial charge < -0.3 is 10.2 Å². The second-order valence-corrected chi connectivity index (χ2v) is 8.78. The van der Waals surface area contributed by atoms with Gasteiger partial charge in [0.25, 0.3) is 5.91 Å². The van der Waals surface area contributed by atoms with Gasteiger partial charge in [-0.05, 0) is 48.5 Å². The van der Waals surface area contributed by atoms with Gasteiger partial charge in [-0.25, -0.2) is 8.42 Å². The predicted molar refractivity (Wildman–Crippen MR) is 107 cm³/mol. The molecule has 1 heterocycles. The SMILES string of the molecule is CC(=O)Nc1ccc(C(=O)N2CCN(S(=O)(=O)c3ccc(Cl)cc3)CC2)cc1. The highest BCUT2D eigenvalue weighted by molar-refractivity contribution is 7.89. The van der Waals surface area contributed by atoms with Crippen LogP contribution in [0.5, 0.6) is 0 Å². The molecule has 0 unspecified atom stereocenters. The number of carbonyl (C=O) groups excluding carboxylic acids is 2. The fraction of sp³-hybridized carbons (Fsp3) is 0.263. The predicted octanol–water partition coefficient (Wildman–Crippen LogP) is 2.45. The van der Waals surface area contributed by atoms with Gasteiger partial charge in [-0.1, -0.05) is 11.6 Å². The second-order valence-electron chi connectivity index (χ2n) is 6.41. The summed E-state index contributed by atoms with van der Waals surface area (Å²) in [5.74, 6) is -0.352. The molecule has 0 radical (unpaired) electrons. The molecule has 0 aromatic heterocycles. The van der Waals surface area contributed by atoms with E-state index in [0.717, 1.165) is 0 Å². The Bertz CT molecular complexity index is 967. The van der Waals surface area contributed by atoms with Crippen molar-refractivity contribution in [3.63, 3.8) is 0 Å². The lowest BCUT2D eigenvalue weighted by atomic mass is 10.1. The summed E-state index contributed by atoms with van der Waals surface area (Å²) < 4.78 is 26.8. The second kappa shape index (κ2) is 8.30. The average Bonchev–Trinajstić information content (AvgIpc) is 2.68. The molecule has 7 nitrogen and oxygen atoms in total. The molecule has 2 amide bonds. The summed E-state index contributed by atoms with van der Waals surface area (Å²) in [5, 5.41) is 3.12. The zero-order valence-electron chi connectivity index (χ0n) is 15.3. The van der Waals surface area contributed by atoms with Gasteiger partial charge in [0.15, 0.2) is 0 Å². The summed E-state index contributed by atoms with van der Waals surface area (Å²) in [4.78, 5) is 25.5. The molecule has 28 heavy (non-hydrogen) atoms. The quantitative estimate of drug-likeness (QED) is 0.821. The number of nitrogens with zero attached hydrogens (tertiary/aromatic N) is 2. The largest absolute Gasteiger partial charge is 0.336 e. The number of amides is 2. The van der Waals surface area contributed by atoms with Crippen LogP contribution in [0.25, 0.3) is 0 Å². The smallest absolute Gasteiger partial charge is 0.253 e. The lowest BCUT2D eigenvalue weighted by Gasteiger charge is -2.34. The Morgan fingerprint density at radius 3 is 2.04 bits per heavy atom. The summed E-state index contributed by atoms with van der Waals surface area (Å²) >= 11 is 5.82. The van der Waals surface area contributed by atoms with Crippen molar-refractivity contribution in [3.8, 4) is 0 Å². The molecule has 0 spiro atoms. The number of hydrogen-bond donors (Lipinski definition) is 1. The van der Waals surface area contributed by atoms with Gasteiger partial charge in [-0.3, -0.25) is 9.59 Å². The van der Waals surface area contributed by atoms with Crippen molar-refractivity contribution in [1.29, 1.82) is 0 Å². The van der Waals surface area contributed by atoms with Gasteiger partial charge >= 0.3 is 0 Å².